The fourth-order valence-corrected chi connectivity index (χ4v) is 4.21. The van der Waals surface area contributed by atoms with Gasteiger partial charge in [0.25, 0.3) is 11.1 Å². The molecule has 1 amide bonds. The maximum atomic E-state index is 12.4. The minimum Gasteiger partial charge on any atom is -0.489 e. The van der Waals surface area contributed by atoms with E-state index in [1.54, 1.807) is 24.3 Å². The Bertz CT molecular complexity index is 1290. The Morgan fingerprint density at radius 2 is 2.00 bits per heavy atom. The Hall–Kier alpha value is -3.55. The molecule has 3 rings (SSSR count). The molecule has 0 atom stereocenters. The standard InChI is InChI=1S/C22H20N4O4S2/c1-3-32(28,29)22-25-21(31-26-22)24-20(27)18(13-23)12-16-7-9-19(10-8-16)30-14-17-6-4-5-15(2)11-17/h4-12H,3,14H2,1-2H3,(H,24,25,26,27). The van der Waals surface area contributed by atoms with Crippen LogP contribution in [0.2, 0.25) is 0 Å². The average molecular weight is 469 g/mol. The fraction of sp³-hybridized carbons (Fsp3) is 0.182. The van der Waals surface area contributed by atoms with Gasteiger partial charge in [-0.1, -0.05) is 48.9 Å². The van der Waals surface area contributed by atoms with E-state index in [0.29, 0.717) is 17.9 Å². The molecular weight excluding hydrogens is 448 g/mol. The molecule has 1 N–H and O–H groups in total. The Kier molecular flexibility index (Phi) is 7.35. The smallest absolute Gasteiger partial charge is 0.268 e. The van der Waals surface area contributed by atoms with Crippen molar-refractivity contribution in [1.29, 1.82) is 5.26 Å². The summed E-state index contributed by atoms with van der Waals surface area (Å²) in [5.74, 6) is -0.195. The zero-order valence-electron chi connectivity index (χ0n) is 17.4. The third-order valence-corrected chi connectivity index (χ3v) is 6.58. The lowest BCUT2D eigenvalue weighted by Crippen LogP contribution is -2.13. The number of hydrogen-bond acceptors (Lipinski definition) is 8. The second-order valence-corrected chi connectivity index (χ2v) is 9.68. The molecule has 1 aromatic heterocycles. The van der Waals surface area contributed by atoms with Gasteiger partial charge in [-0.3, -0.25) is 10.1 Å². The highest BCUT2D eigenvalue weighted by atomic mass is 32.2. The quantitative estimate of drug-likeness (QED) is 0.394. The molecule has 32 heavy (non-hydrogen) atoms. The number of ether oxygens (including phenoxy) is 1. The second-order valence-electron chi connectivity index (χ2n) is 6.76. The van der Waals surface area contributed by atoms with Crippen molar-refractivity contribution < 1.29 is 17.9 Å². The van der Waals surface area contributed by atoms with Crippen LogP contribution in [0, 0.1) is 18.3 Å². The van der Waals surface area contributed by atoms with Crippen LogP contribution in [0.15, 0.2) is 59.3 Å². The summed E-state index contributed by atoms with van der Waals surface area (Å²) < 4.78 is 33.1. The Labute approximate surface area is 190 Å². The number of nitrogens with one attached hydrogen (secondary N) is 1. The lowest BCUT2D eigenvalue weighted by atomic mass is 10.1. The number of aromatic nitrogens is 2. The predicted octanol–water partition coefficient (Wildman–Crippen LogP) is 3.76. The zero-order valence-corrected chi connectivity index (χ0v) is 19.0. The molecule has 2 aromatic carbocycles. The van der Waals surface area contributed by atoms with Crippen molar-refractivity contribution in [1.82, 2.24) is 9.36 Å². The van der Waals surface area contributed by atoms with E-state index in [1.165, 1.54) is 13.0 Å². The summed E-state index contributed by atoms with van der Waals surface area (Å²) in [5.41, 5.74) is 2.69. The van der Waals surface area contributed by atoms with Crippen LogP contribution in [-0.2, 0) is 21.2 Å². The van der Waals surface area contributed by atoms with E-state index < -0.39 is 15.7 Å². The van der Waals surface area contributed by atoms with Crippen LogP contribution >= 0.6 is 11.5 Å². The van der Waals surface area contributed by atoms with E-state index in [-0.39, 0.29) is 21.6 Å². The van der Waals surface area contributed by atoms with Crippen LogP contribution in [0.3, 0.4) is 0 Å². The second kappa shape index (κ2) is 10.2. The molecule has 10 heteroatoms. The molecule has 8 nitrogen and oxygen atoms in total. The molecule has 0 unspecified atom stereocenters. The van der Waals surface area contributed by atoms with Crippen molar-refractivity contribution in [3.63, 3.8) is 0 Å². The minimum absolute atomic E-state index is 0.00284. The summed E-state index contributed by atoms with van der Waals surface area (Å²) in [6, 6.07) is 16.8. The number of rotatable bonds is 8. The van der Waals surface area contributed by atoms with Gasteiger partial charge in [-0.2, -0.15) is 14.6 Å². The minimum atomic E-state index is -3.57. The van der Waals surface area contributed by atoms with E-state index in [9.17, 15) is 18.5 Å². The first-order valence-electron chi connectivity index (χ1n) is 9.58. The number of benzene rings is 2. The molecule has 3 aromatic rings. The van der Waals surface area contributed by atoms with Crippen LogP contribution < -0.4 is 10.1 Å². The number of sulfone groups is 1. The number of aryl methyl sites for hydroxylation is 1. The van der Waals surface area contributed by atoms with E-state index in [2.05, 4.69) is 14.7 Å². The molecule has 0 saturated carbocycles. The molecule has 0 spiro atoms. The van der Waals surface area contributed by atoms with Gasteiger partial charge in [-0.15, -0.1) is 0 Å². The summed E-state index contributed by atoms with van der Waals surface area (Å²) in [4.78, 5) is 16.2. The molecule has 0 bridgehead atoms. The summed E-state index contributed by atoms with van der Waals surface area (Å²) in [6.45, 7) is 3.93. The van der Waals surface area contributed by atoms with Crippen LogP contribution in [0.25, 0.3) is 6.08 Å². The highest BCUT2D eigenvalue weighted by Gasteiger charge is 2.20. The van der Waals surface area contributed by atoms with Crippen LogP contribution in [0.5, 0.6) is 5.75 Å². The van der Waals surface area contributed by atoms with E-state index in [1.807, 2.05) is 37.3 Å². The summed E-state index contributed by atoms with van der Waals surface area (Å²) in [5, 5.41) is 11.4. The number of nitriles is 1. The topological polar surface area (TPSA) is 122 Å². The van der Waals surface area contributed by atoms with Gasteiger partial charge in [0.05, 0.1) is 5.75 Å². The van der Waals surface area contributed by atoms with Gasteiger partial charge in [-0.05, 0) is 36.3 Å². The normalized spacial score (nSPS) is 11.6. The molecule has 0 aliphatic heterocycles. The average Bonchev–Trinajstić information content (AvgIpc) is 3.26. The largest absolute Gasteiger partial charge is 0.489 e. The number of amides is 1. The number of nitrogens with zero attached hydrogens (tertiary/aromatic N) is 3. The van der Waals surface area contributed by atoms with Gasteiger partial charge in [0, 0.05) is 11.5 Å². The molecule has 0 saturated heterocycles. The first-order chi connectivity index (χ1) is 15.3. The van der Waals surface area contributed by atoms with Gasteiger partial charge in [-0.25, -0.2) is 8.42 Å². The fourth-order valence-electron chi connectivity index (χ4n) is 2.62. The lowest BCUT2D eigenvalue weighted by Gasteiger charge is -2.07. The van der Waals surface area contributed by atoms with Crippen LogP contribution in [0.1, 0.15) is 23.6 Å². The van der Waals surface area contributed by atoms with Crippen LogP contribution in [0.4, 0.5) is 5.13 Å². The summed E-state index contributed by atoms with van der Waals surface area (Å²) in [6.07, 6.45) is 1.42. The molecular formula is C22H20N4O4S2. The van der Waals surface area contributed by atoms with Crippen molar-refractivity contribution in [2.75, 3.05) is 11.1 Å². The number of anilines is 1. The maximum Gasteiger partial charge on any atom is 0.268 e. The van der Waals surface area contributed by atoms with Gasteiger partial charge in [0.15, 0.2) is 0 Å². The predicted molar refractivity (Wildman–Crippen MR) is 122 cm³/mol. The Balaban J connectivity index is 1.65. The van der Waals surface area contributed by atoms with E-state index in [0.717, 1.165) is 22.7 Å². The zero-order chi connectivity index (χ0) is 23.1. The van der Waals surface area contributed by atoms with E-state index >= 15 is 0 Å². The first-order valence-corrected chi connectivity index (χ1v) is 12.0. The van der Waals surface area contributed by atoms with E-state index in [4.69, 9.17) is 4.74 Å². The molecule has 164 valence electrons. The summed E-state index contributed by atoms with van der Waals surface area (Å²) >= 11 is 0.735. The van der Waals surface area contributed by atoms with Crippen molar-refractivity contribution in [3.8, 4) is 11.8 Å². The van der Waals surface area contributed by atoms with Crippen molar-refractivity contribution >= 4 is 38.5 Å². The maximum absolute atomic E-state index is 12.4. The van der Waals surface area contributed by atoms with Gasteiger partial charge < -0.3 is 4.74 Å². The highest BCUT2D eigenvalue weighted by Crippen LogP contribution is 2.19. The molecule has 0 fully saturated rings. The third-order valence-electron chi connectivity index (χ3n) is 4.33. The molecule has 0 aliphatic carbocycles. The number of carbonyl (C=O) groups is 1. The van der Waals surface area contributed by atoms with Gasteiger partial charge >= 0.3 is 0 Å². The van der Waals surface area contributed by atoms with Gasteiger partial charge in [0.1, 0.15) is 24.0 Å². The van der Waals surface area contributed by atoms with Crippen molar-refractivity contribution in [3.05, 3.63) is 70.8 Å². The van der Waals surface area contributed by atoms with Gasteiger partial charge in [0.2, 0.25) is 15.0 Å². The number of carbonyl (C=O) groups excluding carboxylic acids is 1. The lowest BCUT2D eigenvalue weighted by molar-refractivity contribution is -0.112. The Morgan fingerprint density at radius 3 is 2.66 bits per heavy atom. The number of hydrogen-bond donors (Lipinski definition) is 1. The molecule has 0 aliphatic rings. The Morgan fingerprint density at radius 1 is 1.25 bits per heavy atom. The summed E-state index contributed by atoms with van der Waals surface area (Å²) in [7, 11) is -3.57. The molecule has 0 radical (unpaired) electrons. The van der Waals surface area contributed by atoms with Crippen molar-refractivity contribution in [2.45, 2.75) is 25.6 Å². The SMILES string of the molecule is CCS(=O)(=O)c1nsc(NC(=O)C(C#N)=Cc2ccc(OCc3cccc(C)c3)cc2)n1. The van der Waals surface area contributed by atoms with Crippen LogP contribution in [-0.4, -0.2) is 29.4 Å². The highest BCUT2D eigenvalue weighted by molar-refractivity contribution is 7.91. The first kappa shape index (κ1) is 23.1. The van der Waals surface area contributed by atoms with Crippen molar-refractivity contribution in [2.24, 2.45) is 0 Å². The molecule has 1 heterocycles. The third kappa shape index (κ3) is 6.00. The monoisotopic (exact) mass is 468 g/mol.